The van der Waals surface area contributed by atoms with Crippen LogP contribution in [0.2, 0.25) is 0 Å². The van der Waals surface area contributed by atoms with Gasteiger partial charge < -0.3 is 4.74 Å². The molecule has 0 aromatic heterocycles. The summed E-state index contributed by atoms with van der Waals surface area (Å²) in [6.07, 6.45) is 0. The summed E-state index contributed by atoms with van der Waals surface area (Å²) in [5.74, 6) is 0.499. The van der Waals surface area contributed by atoms with Crippen LogP contribution >= 0.6 is 27.5 Å². The van der Waals surface area contributed by atoms with Gasteiger partial charge in [-0.3, -0.25) is 0 Å². The summed E-state index contributed by atoms with van der Waals surface area (Å²) in [7, 11) is 1.63. The molecule has 4 heteroatoms. The predicted octanol–water partition coefficient (Wildman–Crippen LogP) is 5.23. The molecule has 1 atom stereocenters. The van der Waals surface area contributed by atoms with Crippen molar-refractivity contribution in [1.29, 1.82) is 0 Å². The normalized spacial score (nSPS) is 12.3. The number of hydrogen-bond donors (Lipinski definition) is 0. The van der Waals surface area contributed by atoms with Crippen molar-refractivity contribution in [2.24, 2.45) is 0 Å². The average Bonchev–Trinajstić information content (AvgIpc) is 2.41. The van der Waals surface area contributed by atoms with Gasteiger partial charge in [-0.15, -0.1) is 11.6 Å². The first kappa shape index (κ1) is 14.4. The van der Waals surface area contributed by atoms with E-state index in [-0.39, 0.29) is 5.82 Å². The van der Waals surface area contributed by atoms with Gasteiger partial charge in [-0.1, -0.05) is 24.3 Å². The Morgan fingerprint density at radius 2 is 2.00 bits per heavy atom. The quantitative estimate of drug-likeness (QED) is 0.693. The Kier molecular flexibility index (Phi) is 4.48. The zero-order valence-corrected chi connectivity index (χ0v) is 12.9. The van der Waals surface area contributed by atoms with Crippen LogP contribution in [-0.2, 0) is 0 Å². The number of aryl methyl sites for hydroxylation is 1. The smallest absolute Gasteiger partial charge is 0.137 e. The molecule has 0 N–H and O–H groups in total. The van der Waals surface area contributed by atoms with E-state index in [0.29, 0.717) is 10.0 Å². The van der Waals surface area contributed by atoms with Gasteiger partial charge in [0.2, 0.25) is 0 Å². The molecule has 1 nitrogen and oxygen atoms in total. The van der Waals surface area contributed by atoms with Crippen molar-refractivity contribution in [3.05, 3.63) is 63.4 Å². The Hall–Kier alpha value is -1.06. The maximum Gasteiger partial charge on any atom is 0.137 e. The molecule has 1 unspecified atom stereocenters. The van der Waals surface area contributed by atoms with Gasteiger partial charge in [-0.2, -0.15) is 0 Å². The van der Waals surface area contributed by atoms with Crippen LogP contribution in [0, 0.1) is 12.7 Å². The van der Waals surface area contributed by atoms with Crippen molar-refractivity contribution in [1.82, 2.24) is 0 Å². The second kappa shape index (κ2) is 5.93. The summed E-state index contributed by atoms with van der Waals surface area (Å²) < 4.78 is 19.1. The van der Waals surface area contributed by atoms with E-state index in [1.54, 1.807) is 13.2 Å². The van der Waals surface area contributed by atoms with Gasteiger partial charge in [0.1, 0.15) is 11.6 Å². The topological polar surface area (TPSA) is 9.23 Å². The van der Waals surface area contributed by atoms with Crippen molar-refractivity contribution < 1.29 is 9.13 Å². The molecule has 0 saturated heterocycles. The standard InChI is InChI=1S/C15H13BrClFO/c1-9-8-10(6-7-13(9)19-2)15(17)11-4-3-5-12(18)14(11)16/h3-8,15H,1-2H3. The minimum atomic E-state index is -0.408. The third-order valence-corrected chi connectivity index (χ3v) is 4.29. The SMILES string of the molecule is COc1ccc(C(Cl)c2cccc(F)c2Br)cc1C. The van der Waals surface area contributed by atoms with Crippen molar-refractivity contribution in [2.75, 3.05) is 7.11 Å². The zero-order valence-electron chi connectivity index (χ0n) is 10.6. The molecular formula is C15H13BrClFO. The maximum absolute atomic E-state index is 13.5. The fraction of sp³-hybridized carbons (Fsp3) is 0.200. The lowest BCUT2D eigenvalue weighted by Crippen LogP contribution is -1.97. The predicted molar refractivity (Wildman–Crippen MR) is 79.5 cm³/mol. The monoisotopic (exact) mass is 342 g/mol. The highest BCUT2D eigenvalue weighted by Gasteiger charge is 2.17. The Morgan fingerprint density at radius 1 is 1.26 bits per heavy atom. The molecule has 0 saturated carbocycles. The molecule has 0 aliphatic heterocycles. The van der Waals surface area contributed by atoms with E-state index in [1.165, 1.54) is 6.07 Å². The van der Waals surface area contributed by atoms with Gasteiger partial charge in [-0.05, 0) is 51.7 Å². The van der Waals surface area contributed by atoms with Gasteiger partial charge in [0, 0.05) is 0 Å². The van der Waals surface area contributed by atoms with E-state index in [9.17, 15) is 4.39 Å². The minimum absolute atomic E-state index is 0.312. The fourth-order valence-corrected chi connectivity index (χ4v) is 2.90. The number of benzene rings is 2. The molecule has 0 spiro atoms. The lowest BCUT2D eigenvalue weighted by molar-refractivity contribution is 0.411. The van der Waals surface area contributed by atoms with E-state index < -0.39 is 5.38 Å². The fourth-order valence-electron chi connectivity index (χ4n) is 1.96. The van der Waals surface area contributed by atoms with E-state index in [0.717, 1.165) is 16.9 Å². The molecule has 2 rings (SSSR count). The Bertz CT molecular complexity index is 601. The Labute approximate surface area is 125 Å². The molecule has 0 bridgehead atoms. The third kappa shape index (κ3) is 2.93. The molecule has 0 aliphatic carbocycles. The summed E-state index contributed by atoms with van der Waals surface area (Å²) in [6, 6.07) is 10.6. The van der Waals surface area contributed by atoms with Gasteiger partial charge in [0.25, 0.3) is 0 Å². The first-order valence-electron chi connectivity index (χ1n) is 5.77. The molecule has 19 heavy (non-hydrogen) atoms. The van der Waals surface area contributed by atoms with E-state index in [4.69, 9.17) is 16.3 Å². The van der Waals surface area contributed by atoms with Gasteiger partial charge in [0.15, 0.2) is 0 Å². The van der Waals surface area contributed by atoms with E-state index in [2.05, 4.69) is 15.9 Å². The summed E-state index contributed by atoms with van der Waals surface area (Å²) in [6.45, 7) is 1.95. The van der Waals surface area contributed by atoms with Crippen LogP contribution in [0.15, 0.2) is 40.9 Å². The average molecular weight is 344 g/mol. The molecule has 0 amide bonds. The Morgan fingerprint density at radius 3 is 2.63 bits per heavy atom. The highest BCUT2D eigenvalue weighted by atomic mass is 79.9. The van der Waals surface area contributed by atoms with Gasteiger partial charge in [-0.25, -0.2) is 4.39 Å². The number of ether oxygens (including phenoxy) is 1. The molecule has 2 aromatic rings. The molecular weight excluding hydrogens is 331 g/mol. The number of halogens is 3. The van der Waals surface area contributed by atoms with Crippen molar-refractivity contribution >= 4 is 27.5 Å². The lowest BCUT2D eigenvalue weighted by atomic mass is 10.0. The number of methoxy groups -OCH3 is 1. The van der Waals surface area contributed by atoms with Crippen LogP contribution < -0.4 is 4.74 Å². The summed E-state index contributed by atoms with van der Waals surface area (Å²) >= 11 is 9.68. The van der Waals surface area contributed by atoms with Crippen LogP contribution in [0.4, 0.5) is 4.39 Å². The molecule has 0 aliphatic rings. The van der Waals surface area contributed by atoms with E-state index >= 15 is 0 Å². The first-order valence-corrected chi connectivity index (χ1v) is 7.00. The second-order valence-corrected chi connectivity index (χ2v) is 5.46. The highest BCUT2D eigenvalue weighted by Crippen LogP contribution is 2.36. The number of hydrogen-bond acceptors (Lipinski definition) is 1. The van der Waals surface area contributed by atoms with Crippen LogP contribution in [0.3, 0.4) is 0 Å². The highest BCUT2D eigenvalue weighted by molar-refractivity contribution is 9.10. The zero-order chi connectivity index (χ0) is 14.0. The second-order valence-electron chi connectivity index (χ2n) is 4.23. The summed E-state index contributed by atoms with van der Waals surface area (Å²) in [5, 5.41) is -0.408. The third-order valence-electron chi connectivity index (χ3n) is 2.97. The van der Waals surface area contributed by atoms with Gasteiger partial charge >= 0.3 is 0 Å². The molecule has 0 fully saturated rings. The van der Waals surface area contributed by atoms with Gasteiger partial charge in [0.05, 0.1) is 17.0 Å². The van der Waals surface area contributed by atoms with Crippen LogP contribution in [0.25, 0.3) is 0 Å². The summed E-state index contributed by atoms with van der Waals surface area (Å²) in [5.41, 5.74) is 2.62. The van der Waals surface area contributed by atoms with Crippen molar-refractivity contribution in [2.45, 2.75) is 12.3 Å². The molecule has 100 valence electrons. The van der Waals surface area contributed by atoms with Crippen molar-refractivity contribution in [3.63, 3.8) is 0 Å². The van der Waals surface area contributed by atoms with E-state index in [1.807, 2.05) is 31.2 Å². The Balaban J connectivity index is 2.41. The van der Waals surface area contributed by atoms with Crippen LogP contribution in [0.1, 0.15) is 22.1 Å². The van der Waals surface area contributed by atoms with Crippen LogP contribution in [0.5, 0.6) is 5.75 Å². The summed E-state index contributed by atoms with van der Waals surface area (Å²) in [4.78, 5) is 0. The molecule has 0 heterocycles. The molecule has 2 aromatic carbocycles. The number of alkyl halides is 1. The maximum atomic E-state index is 13.5. The number of rotatable bonds is 3. The van der Waals surface area contributed by atoms with Crippen molar-refractivity contribution in [3.8, 4) is 5.75 Å². The van der Waals surface area contributed by atoms with Crippen LogP contribution in [-0.4, -0.2) is 7.11 Å². The largest absolute Gasteiger partial charge is 0.496 e. The molecule has 0 radical (unpaired) electrons. The lowest BCUT2D eigenvalue weighted by Gasteiger charge is -2.14. The minimum Gasteiger partial charge on any atom is -0.496 e. The first-order chi connectivity index (χ1) is 9.04.